The number of alkyl halides is 3. The topological polar surface area (TPSA) is 46.2 Å². The highest BCUT2D eigenvalue weighted by atomic mass is 79.9. The Labute approximate surface area is 112 Å². The van der Waals surface area contributed by atoms with E-state index in [1.807, 2.05) is 0 Å². The molecule has 0 spiro atoms. The first-order chi connectivity index (χ1) is 8.02. The molecule has 0 aromatic heterocycles. The molecule has 0 aliphatic carbocycles. The number of halogens is 4. The van der Waals surface area contributed by atoms with E-state index in [2.05, 4.69) is 20.7 Å². The summed E-state index contributed by atoms with van der Waals surface area (Å²) in [6, 6.07) is 2.91. The van der Waals surface area contributed by atoms with Crippen LogP contribution in [0.25, 0.3) is 0 Å². The maximum Gasteiger partial charge on any atom is 0.416 e. The molecule has 0 bridgehead atoms. The van der Waals surface area contributed by atoms with Crippen molar-refractivity contribution in [1.82, 2.24) is 0 Å². The van der Waals surface area contributed by atoms with Gasteiger partial charge in [-0.1, -0.05) is 15.9 Å². The van der Waals surface area contributed by atoms with Crippen molar-refractivity contribution in [3.05, 3.63) is 28.2 Å². The average Bonchev–Trinajstić information content (AvgIpc) is 2.13. The van der Waals surface area contributed by atoms with Gasteiger partial charge in [0.25, 0.3) is 0 Å². The summed E-state index contributed by atoms with van der Waals surface area (Å²) in [6.07, 6.45) is -4.53. The number of sulfonamides is 1. The maximum atomic E-state index is 12.5. The smallest absolute Gasteiger partial charge is 0.283 e. The minimum atomic E-state index is -4.53. The zero-order valence-electron chi connectivity index (χ0n) is 9.55. The van der Waals surface area contributed by atoms with Gasteiger partial charge < -0.3 is 0 Å². The third-order valence-electron chi connectivity index (χ3n) is 2.11. The molecule has 0 aliphatic heterocycles. The Hall–Kier alpha value is -0.760. The molecule has 0 saturated heterocycles. The van der Waals surface area contributed by atoms with Gasteiger partial charge in [-0.05, 0) is 32.0 Å². The van der Waals surface area contributed by atoms with E-state index in [-0.39, 0.29) is 10.2 Å². The lowest BCUT2D eigenvalue weighted by Crippen LogP contribution is -2.22. The molecule has 0 fully saturated rings. The molecule has 0 unspecified atom stereocenters. The number of benzene rings is 1. The van der Waals surface area contributed by atoms with E-state index < -0.39 is 27.0 Å². The molecular formula is C10H11BrF3NO2S. The first kappa shape index (κ1) is 15.3. The molecule has 0 amide bonds. The molecule has 1 aromatic carbocycles. The van der Waals surface area contributed by atoms with Crippen LogP contribution in [0.15, 0.2) is 22.7 Å². The molecule has 1 rings (SSSR count). The van der Waals surface area contributed by atoms with Gasteiger partial charge in [0.05, 0.1) is 16.5 Å². The molecule has 0 atom stereocenters. The molecule has 1 N–H and O–H groups in total. The SMILES string of the molecule is CC(C)S(=O)(=O)Nc1cc(Br)cc(C(F)(F)F)c1. The molecule has 102 valence electrons. The van der Waals surface area contributed by atoms with Gasteiger partial charge in [0.1, 0.15) is 0 Å². The van der Waals surface area contributed by atoms with Crippen molar-refractivity contribution in [2.75, 3.05) is 4.72 Å². The van der Waals surface area contributed by atoms with Crippen LogP contribution in [0.2, 0.25) is 0 Å². The molecule has 8 heteroatoms. The van der Waals surface area contributed by atoms with Crippen LogP contribution in [0.4, 0.5) is 18.9 Å². The van der Waals surface area contributed by atoms with Gasteiger partial charge in [-0.2, -0.15) is 13.2 Å². The number of anilines is 1. The summed E-state index contributed by atoms with van der Waals surface area (Å²) < 4.78 is 63.0. The normalized spacial score (nSPS) is 12.8. The molecule has 3 nitrogen and oxygen atoms in total. The van der Waals surface area contributed by atoms with Crippen molar-refractivity contribution in [3.8, 4) is 0 Å². The van der Waals surface area contributed by atoms with Gasteiger partial charge in [0.2, 0.25) is 10.0 Å². The van der Waals surface area contributed by atoms with Gasteiger partial charge in [0.15, 0.2) is 0 Å². The standard InChI is InChI=1S/C10H11BrF3NO2S/c1-6(2)18(16,17)15-9-4-7(10(12,13)14)3-8(11)5-9/h3-6,15H,1-2H3. The molecule has 1 aromatic rings. The molecule has 0 heterocycles. The number of rotatable bonds is 3. The Bertz CT molecular complexity index is 541. The highest BCUT2D eigenvalue weighted by Gasteiger charge is 2.31. The third-order valence-corrected chi connectivity index (χ3v) is 4.33. The van der Waals surface area contributed by atoms with Crippen LogP contribution in [-0.4, -0.2) is 13.7 Å². The van der Waals surface area contributed by atoms with Crippen LogP contribution in [-0.2, 0) is 16.2 Å². The van der Waals surface area contributed by atoms with E-state index in [0.29, 0.717) is 0 Å². The van der Waals surface area contributed by atoms with Crippen molar-refractivity contribution in [2.45, 2.75) is 25.3 Å². The zero-order valence-corrected chi connectivity index (χ0v) is 11.9. The molecular weight excluding hydrogens is 335 g/mol. The van der Waals surface area contributed by atoms with E-state index in [9.17, 15) is 21.6 Å². The lowest BCUT2D eigenvalue weighted by Gasteiger charge is -2.13. The molecule has 0 radical (unpaired) electrons. The second-order valence-electron chi connectivity index (χ2n) is 3.92. The minimum absolute atomic E-state index is 0.120. The Balaban J connectivity index is 3.17. The minimum Gasteiger partial charge on any atom is -0.283 e. The van der Waals surface area contributed by atoms with Crippen molar-refractivity contribution >= 4 is 31.6 Å². The Morgan fingerprint density at radius 1 is 1.22 bits per heavy atom. The zero-order chi connectivity index (χ0) is 14.1. The van der Waals surface area contributed by atoms with Crippen molar-refractivity contribution in [1.29, 1.82) is 0 Å². The van der Waals surface area contributed by atoms with Crippen LogP contribution in [0.3, 0.4) is 0 Å². The van der Waals surface area contributed by atoms with Crippen LogP contribution < -0.4 is 4.72 Å². The maximum absolute atomic E-state index is 12.5. The highest BCUT2D eigenvalue weighted by Crippen LogP contribution is 2.33. The van der Waals surface area contributed by atoms with Crippen molar-refractivity contribution in [2.24, 2.45) is 0 Å². The Morgan fingerprint density at radius 2 is 1.78 bits per heavy atom. The van der Waals surface area contributed by atoms with Crippen molar-refractivity contribution in [3.63, 3.8) is 0 Å². The third kappa shape index (κ3) is 3.88. The summed E-state index contributed by atoms with van der Waals surface area (Å²) in [5.74, 6) is 0. The van der Waals surface area contributed by atoms with Crippen LogP contribution in [0.5, 0.6) is 0 Å². The van der Waals surface area contributed by atoms with Crippen LogP contribution >= 0.6 is 15.9 Å². The quantitative estimate of drug-likeness (QED) is 0.909. The molecule has 18 heavy (non-hydrogen) atoms. The van der Waals surface area contributed by atoms with Gasteiger partial charge in [-0.3, -0.25) is 4.72 Å². The first-order valence-corrected chi connectivity index (χ1v) is 7.26. The largest absolute Gasteiger partial charge is 0.416 e. The van der Waals surface area contributed by atoms with Gasteiger partial charge >= 0.3 is 6.18 Å². The molecule has 0 saturated carbocycles. The van der Waals surface area contributed by atoms with Crippen LogP contribution in [0.1, 0.15) is 19.4 Å². The van der Waals surface area contributed by atoms with E-state index >= 15 is 0 Å². The number of hydrogen-bond donors (Lipinski definition) is 1. The van der Waals surface area contributed by atoms with Gasteiger partial charge in [-0.25, -0.2) is 8.42 Å². The summed E-state index contributed by atoms with van der Waals surface area (Å²) in [4.78, 5) is 0. The van der Waals surface area contributed by atoms with E-state index in [0.717, 1.165) is 12.1 Å². The summed E-state index contributed by atoms with van der Waals surface area (Å²) in [5.41, 5.74) is -1.04. The summed E-state index contributed by atoms with van der Waals surface area (Å²) in [6.45, 7) is 2.87. The van der Waals surface area contributed by atoms with Gasteiger partial charge in [-0.15, -0.1) is 0 Å². The van der Waals surface area contributed by atoms with Crippen molar-refractivity contribution < 1.29 is 21.6 Å². The van der Waals surface area contributed by atoms with E-state index in [1.54, 1.807) is 0 Å². The first-order valence-electron chi connectivity index (χ1n) is 4.92. The van der Waals surface area contributed by atoms with E-state index in [4.69, 9.17) is 0 Å². The number of nitrogens with one attached hydrogen (secondary N) is 1. The Kier molecular flexibility index (Phi) is 4.32. The summed E-state index contributed by atoms with van der Waals surface area (Å²) >= 11 is 2.92. The van der Waals surface area contributed by atoms with Crippen LogP contribution in [0, 0.1) is 0 Å². The fourth-order valence-electron chi connectivity index (χ4n) is 1.09. The predicted molar refractivity (Wildman–Crippen MR) is 66.8 cm³/mol. The Morgan fingerprint density at radius 3 is 2.22 bits per heavy atom. The molecule has 0 aliphatic rings. The fraction of sp³-hybridized carbons (Fsp3) is 0.400. The fourth-order valence-corrected chi connectivity index (χ4v) is 2.27. The van der Waals surface area contributed by atoms with E-state index in [1.165, 1.54) is 19.9 Å². The lowest BCUT2D eigenvalue weighted by molar-refractivity contribution is -0.137. The second-order valence-corrected chi connectivity index (χ2v) is 7.07. The summed E-state index contributed by atoms with van der Waals surface area (Å²) in [7, 11) is -3.67. The summed E-state index contributed by atoms with van der Waals surface area (Å²) in [5, 5.41) is -0.731. The van der Waals surface area contributed by atoms with Gasteiger partial charge in [0, 0.05) is 4.47 Å². The monoisotopic (exact) mass is 345 g/mol. The predicted octanol–water partition coefficient (Wildman–Crippen LogP) is 3.62. The average molecular weight is 346 g/mol. The highest BCUT2D eigenvalue weighted by molar-refractivity contribution is 9.10. The lowest BCUT2D eigenvalue weighted by atomic mass is 10.2. The second kappa shape index (κ2) is 5.08. The number of hydrogen-bond acceptors (Lipinski definition) is 2.